The van der Waals surface area contributed by atoms with Crippen molar-refractivity contribution in [3.63, 3.8) is 0 Å². The molecule has 3 aromatic carbocycles. The van der Waals surface area contributed by atoms with Gasteiger partial charge in [0.05, 0.1) is 17.7 Å². The largest absolute Gasteiger partial charge is 0.508 e. The van der Waals surface area contributed by atoms with Gasteiger partial charge in [0.2, 0.25) is 5.84 Å². The number of phenols is 2. The van der Waals surface area contributed by atoms with Gasteiger partial charge in [0.25, 0.3) is 0 Å². The van der Waals surface area contributed by atoms with Crippen LogP contribution in [0.5, 0.6) is 23.0 Å². The third-order valence-electron chi connectivity index (χ3n) is 5.37. The van der Waals surface area contributed by atoms with Crippen molar-refractivity contribution in [3.8, 4) is 23.0 Å². The van der Waals surface area contributed by atoms with Gasteiger partial charge in [-0.2, -0.15) is 0 Å². The van der Waals surface area contributed by atoms with Crippen LogP contribution in [-0.4, -0.2) is 45.5 Å². The van der Waals surface area contributed by atoms with Crippen LogP contribution in [0, 0.1) is 10.8 Å². The first-order valence-corrected chi connectivity index (χ1v) is 11.3. The van der Waals surface area contributed by atoms with Gasteiger partial charge in [-0.3, -0.25) is 15.7 Å². The van der Waals surface area contributed by atoms with Gasteiger partial charge in [-0.25, -0.2) is 9.59 Å². The molecule has 0 aliphatic heterocycles. The lowest BCUT2D eigenvalue weighted by Crippen LogP contribution is -2.42. The molecule has 0 heterocycles. The van der Waals surface area contributed by atoms with Crippen LogP contribution in [0.4, 0.5) is 5.69 Å². The number of rotatable bonds is 7. The summed E-state index contributed by atoms with van der Waals surface area (Å²) in [5.41, 5.74) is 0.856. The number of carboxylic acid groups (broad SMARTS) is 1. The summed E-state index contributed by atoms with van der Waals surface area (Å²) in [6.07, 6.45) is 0. The summed E-state index contributed by atoms with van der Waals surface area (Å²) in [7, 11) is 0. The Hall–Kier alpha value is -4.86. The van der Waals surface area contributed by atoms with Crippen LogP contribution >= 0.6 is 0 Å². The molecule has 5 N–H and O–H groups in total. The first-order valence-electron chi connectivity index (χ1n) is 11.3. The highest BCUT2D eigenvalue weighted by atomic mass is 16.5. The summed E-state index contributed by atoms with van der Waals surface area (Å²) in [4.78, 5) is 24.5. The van der Waals surface area contributed by atoms with Gasteiger partial charge in [0.1, 0.15) is 28.8 Å². The number of ether oxygens (including phenoxy) is 2. The number of carbonyl (C=O) groups excluding carboxylic acids is 1. The van der Waals surface area contributed by atoms with Gasteiger partial charge in [-0.1, -0.05) is 13.8 Å². The Labute approximate surface area is 213 Å². The number of aromatic carboxylic acids is 1. The third kappa shape index (κ3) is 6.04. The second-order valence-corrected chi connectivity index (χ2v) is 8.26. The minimum Gasteiger partial charge on any atom is -0.508 e. The number of amidine groups is 2. The number of carbonyl (C=O) groups is 2. The standard InChI is InChI=1S/C27H27N3O7/c1-4-36-27(35)25(29)30(24(28)21-13-20(15(2)3)22(31)14-23(21)32)17-7-11-19(12-8-17)37-18-9-5-16(6-10-18)26(33)34/h5-15,28-29,31-32H,4H2,1-3H3,(H,33,34). The number of esters is 1. The fourth-order valence-corrected chi connectivity index (χ4v) is 3.49. The van der Waals surface area contributed by atoms with E-state index in [1.165, 1.54) is 42.5 Å². The van der Waals surface area contributed by atoms with E-state index in [0.29, 0.717) is 17.1 Å². The molecule has 3 aromatic rings. The zero-order valence-electron chi connectivity index (χ0n) is 20.5. The van der Waals surface area contributed by atoms with Gasteiger partial charge in [0, 0.05) is 11.8 Å². The summed E-state index contributed by atoms with van der Waals surface area (Å²) >= 11 is 0. The number of carboxylic acids is 1. The summed E-state index contributed by atoms with van der Waals surface area (Å²) in [5.74, 6) is -2.90. The molecular formula is C27H27N3O7. The number of hydrogen-bond donors (Lipinski definition) is 5. The van der Waals surface area contributed by atoms with E-state index in [9.17, 15) is 19.8 Å². The Morgan fingerprint density at radius 1 is 0.919 bits per heavy atom. The highest BCUT2D eigenvalue weighted by molar-refractivity contribution is 6.46. The number of benzene rings is 3. The molecule has 0 amide bonds. The summed E-state index contributed by atoms with van der Waals surface area (Å²) in [6.45, 7) is 5.30. The van der Waals surface area contributed by atoms with Gasteiger partial charge < -0.3 is 24.8 Å². The Morgan fingerprint density at radius 2 is 1.49 bits per heavy atom. The molecule has 3 rings (SSSR count). The molecule has 0 radical (unpaired) electrons. The van der Waals surface area contributed by atoms with Crippen molar-refractivity contribution >= 4 is 29.3 Å². The molecule has 0 aliphatic carbocycles. The Bertz CT molecular complexity index is 1330. The average molecular weight is 506 g/mol. The fourth-order valence-electron chi connectivity index (χ4n) is 3.49. The van der Waals surface area contributed by atoms with Crippen molar-refractivity contribution in [1.82, 2.24) is 0 Å². The number of hydrogen-bond acceptors (Lipinski definition) is 8. The van der Waals surface area contributed by atoms with Crippen LogP contribution < -0.4 is 9.64 Å². The lowest BCUT2D eigenvalue weighted by Gasteiger charge is -2.26. The van der Waals surface area contributed by atoms with Crippen molar-refractivity contribution in [2.24, 2.45) is 0 Å². The first-order chi connectivity index (χ1) is 17.5. The van der Waals surface area contributed by atoms with Crippen LogP contribution in [0.2, 0.25) is 0 Å². The topological polar surface area (TPSA) is 164 Å². The van der Waals surface area contributed by atoms with Crippen molar-refractivity contribution in [1.29, 1.82) is 10.8 Å². The zero-order chi connectivity index (χ0) is 27.3. The number of nitrogens with one attached hydrogen (secondary N) is 2. The Morgan fingerprint density at radius 3 is 2.00 bits per heavy atom. The quantitative estimate of drug-likeness (QED) is 0.168. The van der Waals surface area contributed by atoms with E-state index in [0.717, 1.165) is 11.0 Å². The van der Waals surface area contributed by atoms with Gasteiger partial charge >= 0.3 is 11.9 Å². The fraction of sp³-hybridized carbons (Fsp3) is 0.185. The van der Waals surface area contributed by atoms with Crippen LogP contribution in [0.25, 0.3) is 0 Å². The van der Waals surface area contributed by atoms with Crippen LogP contribution in [0.1, 0.15) is 48.2 Å². The molecule has 0 aliphatic rings. The molecule has 192 valence electrons. The molecular weight excluding hydrogens is 478 g/mol. The van der Waals surface area contributed by atoms with Crippen LogP contribution in [0.15, 0.2) is 60.7 Å². The minimum absolute atomic E-state index is 0.00870. The van der Waals surface area contributed by atoms with Crippen LogP contribution in [0.3, 0.4) is 0 Å². The second-order valence-electron chi connectivity index (χ2n) is 8.26. The summed E-state index contributed by atoms with van der Waals surface area (Å²) < 4.78 is 10.7. The van der Waals surface area contributed by atoms with Crippen molar-refractivity contribution < 1.29 is 34.4 Å². The van der Waals surface area contributed by atoms with Gasteiger partial charge in [-0.15, -0.1) is 0 Å². The summed E-state index contributed by atoms with van der Waals surface area (Å²) in [5, 5.41) is 46.9. The lowest BCUT2D eigenvalue weighted by atomic mass is 9.98. The maximum atomic E-state index is 12.4. The maximum absolute atomic E-state index is 12.4. The third-order valence-corrected chi connectivity index (χ3v) is 5.37. The van der Waals surface area contributed by atoms with E-state index in [2.05, 4.69) is 0 Å². The van der Waals surface area contributed by atoms with Gasteiger partial charge in [-0.05, 0) is 73.0 Å². The van der Waals surface area contributed by atoms with Crippen molar-refractivity contribution in [2.45, 2.75) is 26.7 Å². The highest BCUT2D eigenvalue weighted by Gasteiger charge is 2.28. The minimum atomic E-state index is -1.05. The molecule has 10 nitrogen and oxygen atoms in total. The summed E-state index contributed by atoms with van der Waals surface area (Å²) in [6, 6.07) is 14.5. The number of phenolic OH excluding ortho intramolecular Hbond substituents is 2. The smallest absolute Gasteiger partial charge is 0.374 e. The van der Waals surface area contributed by atoms with E-state index in [4.69, 9.17) is 25.4 Å². The monoisotopic (exact) mass is 505 g/mol. The van der Waals surface area contributed by atoms with E-state index in [1.54, 1.807) is 19.1 Å². The maximum Gasteiger partial charge on any atom is 0.374 e. The molecule has 0 fully saturated rings. The number of aromatic hydroxyl groups is 2. The Balaban J connectivity index is 1.97. The lowest BCUT2D eigenvalue weighted by molar-refractivity contribution is -0.135. The van der Waals surface area contributed by atoms with E-state index in [1.807, 2.05) is 13.8 Å². The van der Waals surface area contributed by atoms with E-state index >= 15 is 0 Å². The van der Waals surface area contributed by atoms with E-state index < -0.39 is 23.5 Å². The predicted octanol–water partition coefficient (Wildman–Crippen LogP) is 5.08. The normalized spacial score (nSPS) is 10.6. The Kier molecular flexibility index (Phi) is 8.13. The molecule has 0 aromatic heterocycles. The zero-order valence-corrected chi connectivity index (χ0v) is 20.5. The van der Waals surface area contributed by atoms with Crippen molar-refractivity contribution in [2.75, 3.05) is 11.5 Å². The average Bonchev–Trinajstić information content (AvgIpc) is 2.85. The molecule has 0 spiro atoms. The second kappa shape index (κ2) is 11.3. The number of nitrogens with zero attached hydrogens (tertiary/aromatic N) is 1. The van der Waals surface area contributed by atoms with E-state index in [-0.39, 0.29) is 40.9 Å². The molecule has 0 bridgehead atoms. The SMILES string of the molecule is CCOC(=O)C(=N)N(C(=N)c1cc(C(C)C)c(O)cc1O)c1ccc(Oc2ccc(C(=O)O)cc2)cc1. The number of anilines is 1. The molecule has 0 unspecified atom stereocenters. The molecule has 0 atom stereocenters. The van der Waals surface area contributed by atoms with Crippen molar-refractivity contribution in [3.05, 3.63) is 77.4 Å². The molecule has 10 heteroatoms. The first kappa shape index (κ1) is 26.7. The molecule has 0 saturated heterocycles. The highest BCUT2D eigenvalue weighted by Crippen LogP contribution is 2.34. The predicted molar refractivity (Wildman–Crippen MR) is 137 cm³/mol. The van der Waals surface area contributed by atoms with Crippen LogP contribution in [-0.2, 0) is 9.53 Å². The molecule has 0 saturated carbocycles. The molecule has 37 heavy (non-hydrogen) atoms. The van der Waals surface area contributed by atoms with Gasteiger partial charge in [0.15, 0.2) is 0 Å².